The van der Waals surface area contributed by atoms with Crippen molar-refractivity contribution in [3.63, 3.8) is 0 Å². The minimum Gasteiger partial charge on any atom is -0.465 e. The zero-order chi connectivity index (χ0) is 27.1. The molecular weight excluding hydrogens is 502 g/mol. The van der Waals surface area contributed by atoms with Gasteiger partial charge in [-0.2, -0.15) is 0 Å². The number of fused-ring (bicyclic) bond motifs is 3. The van der Waals surface area contributed by atoms with Crippen LogP contribution in [0, 0.1) is 11.8 Å². The number of likely N-dealkylation sites (tertiary alicyclic amines) is 1. The number of aliphatic hydroxyl groups is 1. The Kier molecular flexibility index (Phi) is 6.72. The molecular formula is C28H33N5O6. The summed E-state index contributed by atoms with van der Waals surface area (Å²) in [6, 6.07) is 5.82. The molecule has 39 heavy (non-hydrogen) atoms. The minimum atomic E-state index is -1.37. The van der Waals surface area contributed by atoms with Crippen molar-refractivity contribution in [2.75, 3.05) is 19.8 Å². The second-order valence-corrected chi connectivity index (χ2v) is 10.6. The van der Waals surface area contributed by atoms with E-state index in [1.54, 1.807) is 15.7 Å². The van der Waals surface area contributed by atoms with Crippen LogP contribution in [0.5, 0.6) is 0 Å². The lowest BCUT2D eigenvalue weighted by molar-refractivity contribution is -0.156. The molecule has 0 radical (unpaired) electrons. The Morgan fingerprint density at radius 3 is 2.82 bits per heavy atom. The Morgan fingerprint density at radius 2 is 2.00 bits per heavy atom. The Hall–Kier alpha value is -3.57. The summed E-state index contributed by atoms with van der Waals surface area (Å²) in [5.74, 6) is -3.03. The second kappa shape index (κ2) is 10.2. The van der Waals surface area contributed by atoms with Gasteiger partial charge in [0.2, 0.25) is 5.91 Å². The van der Waals surface area contributed by atoms with Gasteiger partial charge in [0.15, 0.2) is 0 Å². The maximum Gasteiger partial charge on any atom is 0.312 e. The number of para-hydroxylation sites is 1. The molecule has 2 fully saturated rings. The Balaban J connectivity index is 1.42. The van der Waals surface area contributed by atoms with E-state index in [9.17, 15) is 19.5 Å². The third kappa shape index (κ3) is 4.06. The number of carbonyl (C=O) groups excluding carboxylic acids is 3. The number of ether oxygens (including phenoxy) is 2. The lowest BCUT2D eigenvalue weighted by Gasteiger charge is -2.38. The fraction of sp³-hybridized carbons (Fsp3) is 0.536. The van der Waals surface area contributed by atoms with Crippen molar-refractivity contribution in [1.29, 1.82) is 0 Å². The molecule has 2 saturated heterocycles. The lowest BCUT2D eigenvalue weighted by Crippen LogP contribution is -2.58. The number of hydrogen-bond donors (Lipinski definition) is 1. The maximum absolute atomic E-state index is 14.4. The highest BCUT2D eigenvalue weighted by atomic mass is 16.6. The summed E-state index contributed by atoms with van der Waals surface area (Å²) in [6.45, 7) is 2.20. The average Bonchev–Trinajstić information content (AvgIpc) is 3.54. The molecule has 4 aliphatic rings. The molecule has 6 rings (SSSR count). The molecule has 1 aromatic heterocycles. The number of esters is 1. The standard InChI is InChI=1S/C28H33N5O6/c1-2-18(16-34)33-24-26(36)31(17-32-20-11-7-6-10-19(20)29-30-32)14-9-13-28(24)23(25(33)35)22-21(39-28)12-5-3-4-8-15-38-27(22)37/h5-7,9-13,18,21-24,34H,2-4,8,14-17H2,1H3/b12-5-/t18-,21-,22+,23-,24?,28-/m0/s1. The molecule has 5 heterocycles. The van der Waals surface area contributed by atoms with E-state index in [1.807, 2.05) is 49.4 Å². The van der Waals surface area contributed by atoms with Gasteiger partial charge in [0.1, 0.15) is 29.7 Å². The number of nitrogens with zero attached hydrogens (tertiary/aromatic N) is 5. The smallest absolute Gasteiger partial charge is 0.312 e. The van der Waals surface area contributed by atoms with E-state index in [0.717, 1.165) is 24.8 Å². The molecule has 0 saturated carbocycles. The van der Waals surface area contributed by atoms with Crippen LogP contribution >= 0.6 is 0 Å². The van der Waals surface area contributed by atoms with E-state index in [1.165, 1.54) is 4.90 Å². The molecule has 1 N–H and O–H groups in total. The van der Waals surface area contributed by atoms with Crippen LogP contribution < -0.4 is 0 Å². The summed E-state index contributed by atoms with van der Waals surface area (Å²) < 4.78 is 13.9. The van der Waals surface area contributed by atoms with Gasteiger partial charge in [-0.25, -0.2) is 4.68 Å². The van der Waals surface area contributed by atoms with Gasteiger partial charge in [-0.1, -0.05) is 48.6 Å². The first-order valence-electron chi connectivity index (χ1n) is 13.7. The monoisotopic (exact) mass is 535 g/mol. The third-order valence-electron chi connectivity index (χ3n) is 8.42. The quantitative estimate of drug-likeness (QED) is 0.450. The van der Waals surface area contributed by atoms with Gasteiger partial charge < -0.3 is 24.4 Å². The van der Waals surface area contributed by atoms with E-state index in [0.29, 0.717) is 11.9 Å². The number of aromatic nitrogens is 3. The first-order valence-corrected chi connectivity index (χ1v) is 13.7. The molecule has 6 atom stereocenters. The van der Waals surface area contributed by atoms with Gasteiger partial charge in [0.05, 0.1) is 36.8 Å². The molecule has 0 bridgehead atoms. The van der Waals surface area contributed by atoms with Crippen LogP contribution in [0.25, 0.3) is 11.0 Å². The molecule has 11 heteroatoms. The number of benzene rings is 1. The van der Waals surface area contributed by atoms with Crippen molar-refractivity contribution in [1.82, 2.24) is 24.8 Å². The predicted octanol–water partition coefficient (Wildman–Crippen LogP) is 1.42. The second-order valence-electron chi connectivity index (χ2n) is 10.6. The van der Waals surface area contributed by atoms with Crippen molar-refractivity contribution in [3.8, 4) is 0 Å². The number of allylic oxidation sites excluding steroid dienone is 1. The first kappa shape index (κ1) is 25.7. The van der Waals surface area contributed by atoms with E-state index in [4.69, 9.17) is 9.47 Å². The largest absolute Gasteiger partial charge is 0.465 e. The van der Waals surface area contributed by atoms with Crippen LogP contribution in [0.1, 0.15) is 32.6 Å². The SMILES string of the molecule is CC[C@@H](CO)N1C(=O)[C@@H]2[C@@H]3C(=O)OCCCC/C=C\[C@@H]3O[C@@]23C=CCN(Cn2nnc4ccccc42)C(=O)C13. The van der Waals surface area contributed by atoms with E-state index < -0.39 is 41.6 Å². The number of amides is 2. The Morgan fingerprint density at radius 1 is 1.15 bits per heavy atom. The zero-order valence-electron chi connectivity index (χ0n) is 21.9. The average molecular weight is 536 g/mol. The van der Waals surface area contributed by atoms with Gasteiger partial charge >= 0.3 is 5.97 Å². The number of hydrogen-bond acceptors (Lipinski definition) is 8. The molecule has 1 aromatic carbocycles. The molecule has 1 spiro atoms. The van der Waals surface area contributed by atoms with Gasteiger partial charge in [-0.05, 0) is 37.8 Å². The highest BCUT2D eigenvalue weighted by Gasteiger charge is 2.72. The number of rotatable bonds is 5. The Labute approximate surface area is 226 Å². The minimum absolute atomic E-state index is 0.119. The summed E-state index contributed by atoms with van der Waals surface area (Å²) in [5, 5.41) is 18.7. The molecule has 0 aliphatic carbocycles. The van der Waals surface area contributed by atoms with Gasteiger partial charge in [-0.15, -0.1) is 5.10 Å². The Bertz CT molecular complexity index is 1330. The van der Waals surface area contributed by atoms with Gasteiger partial charge in [0, 0.05) is 6.54 Å². The highest BCUT2D eigenvalue weighted by Crippen LogP contribution is 2.53. The van der Waals surface area contributed by atoms with Crippen molar-refractivity contribution in [3.05, 3.63) is 48.6 Å². The zero-order valence-corrected chi connectivity index (χ0v) is 21.9. The van der Waals surface area contributed by atoms with E-state index in [2.05, 4.69) is 10.3 Å². The van der Waals surface area contributed by atoms with Crippen LogP contribution in [0.2, 0.25) is 0 Å². The summed E-state index contributed by atoms with van der Waals surface area (Å²) in [6.07, 6.45) is 9.59. The van der Waals surface area contributed by atoms with Crippen molar-refractivity contribution in [2.45, 2.75) is 63.1 Å². The molecule has 2 amide bonds. The van der Waals surface area contributed by atoms with Crippen molar-refractivity contribution >= 4 is 28.8 Å². The summed E-state index contributed by atoms with van der Waals surface area (Å²) >= 11 is 0. The summed E-state index contributed by atoms with van der Waals surface area (Å²) in [7, 11) is 0. The van der Waals surface area contributed by atoms with Crippen LogP contribution in [0.4, 0.5) is 0 Å². The van der Waals surface area contributed by atoms with Gasteiger partial charge in [-0.3, -0.25) is 14.4 Å². The molecule has 11 nitrogen and oxygen atoms in total. The topological polar surface area (TPSA) is 127 Å². The van der Waals surface area contributed by atoms with Crippen LogP contribution in [-0.4, -0.2) is 91.2 Å². The van der Waals surface area contributed by atoms with E-state index in [-0.39, 0.29) is 38.2 Å². The maximum atomic E-state index is 14.4. The molecule has 206 valence electrons. The predicted molar refractivity (Wildman–Crippen MR) is 139 cm³/mol. The summed E-state index contributed by atoms with van der Waals surface area (Å²) in [5.41, 5.74) is 0.120. The number of cyclic esters (lactones) is 1. The highest BCUT2D eigenvalue weighted by molar-refractivity contribution is 5.99. The fourth-order valence-electron chi connectivity index (χ4n) is 6.52. The first-order chi connectivity index (χ1) is 19.0. The third-order valence-corrected chi connectivity index (χ3v) is 8.42. The van der Waals surface area contributed by atoms with Crippen molar-refractivity contribution < 1.29 is 29.0 Å². The van der Waals surface area contributed by atoms with Crippen LogP contribution in [0.3, 0.4) is 0 Å². The summed E-state index contributed by atoms with van der Waals surface area (Å²) in [4.78, 5) is 45.0. The molecule has 1 unspecified atom stereocenters. The van der Waals surface area contributed by atoms with Crippen LogP contribution in [0.15, 0.2) is 48.6 Å². The molecule has 4 aliphatic heterocycles. The van der Waals surface area contributed by atoms with Gasteiger partial charge in [0.25, 0.3) is 5.91 Å². The number of aliphatic hydroxyl groups excluding tert-OH is 1. The fourth-order valence-corrected chi connectivity index (χ4v) is 6.52. The normalized spacial score (nSPS) is 32.4. The van der Waals surface area contributed by atoms with Crippen molar-refractivity contribution in [2.24, 2.45) is 11.8 Å². The van der Waals surface area contributed by atoms with Crippen LogP contribution in [-0.2, 0) is 30.5 Å². The van der Waals surface area contributed by atoms with E-state index >= 15 is 0 Å². The molecule has 2 aromatic rings. The lowest BCUT2D eigenvalue weighted by atomic mass is 9.78. The number of carbonyl (C=O) groups is 3.